The topological polar surface area (TPSA) is 84.2 Å². The van der Waals surface area contributed by atoms with Crippen LogP contribution in [0.2, 0.25) is 0 Å². The number of amides is 2. The van der Waals surface area contributed by atoms with Gasteiger partial charge in [-0.15, -0.1) is 0 Å². The van der Waals surface area contributed by atoms with Gasteiger partial charge < -0.3 is 16.4 Å². The van der Waals surface area contributed by atoms with E-state index in [0.717, 1.165) is 36.9 Å². The number of hydrogen-bond acceptors (Lipinski definition) is 3. The van der Waals surface area contributed by atoms with Crippen LogP contribution in [0, 0.1) is 18.8 Å². The Hall–Kier alpha value is -1.88. The molecule has 5 heteroatoms. The fourth-order valence-corrected chi connectivity index (χ4v) is 3.35. The molecular weight excluding hydrogens is 314 g/mol. The quantitative estimate of drug-likeness (QED) is 0.766. The lowest BCUT2D eigenvalue weighted by Crippen LogP contribution is -2.51. The number of nitrogens with two attached hydrogens (primary N) is 1. The van der Waals surface area contributed by atoms with Gasteiger partial charge in [-0.05, 0) is 56.4 Å². The lowest BCUT2D eigenvalue weighted by molar-refractivity contribution is -0.122. The third-order valence-electron chi connectivity index (χ3n) is 4.99. The highest BCUT2D eigenvalue weighted by Crippen LogP contribution is 2.32. The minimum absolute atomic E-state index is 0.0233. The molecule has 1 aromatic carbocycles. The molecule has 25 heavy (non-hydrogen) atoms. The van der Waals surface area contributed by atoms with Crippen molar-refractivity contribution >= 4 is 17.5 Å². The highest BCUT2D eigenvalue weighted by Gasteiger charge is 2.37. The van der Waals surface area contributed by atoms with Crippen molar-refractivity contribution in [2.45, 2.75) is 58.9 Å². The summed E-state index contributed by atoms with van der Waals surface area (Å²) in [6.07, 6.45) is 3.82. The van der Waals surface area contributed by atoms with E-state index < -0.39 is 5.54 Å². The standard InChI is InChI=1S/C20H31N3O2/c1-13(2)12-22-18(24)15-8-9-17(14(3)11-15)23-19(25)16-7-5-6-10-20(16,4)21/h8-9,11,13,16H,5-7,10,12,21H2,1-4H3,(H,22,24)(H,23,25). The fourth-order valence-electron chi connectivity index (χ4n) is 3.35. The van der Waals surface area contributed by atoms with Crippen LogP contribution in [0.15, 0.2) is 18.2 Å². The molecule has 2 amide bonds. The zero-order valence-electron chi connectivity index (χ0n) is 15.8. The van der Waals surface area contributed by atoms with Gasteiger partial charge in [0.05, 0.1) is 5.92 Å². The van der Waals surface area contributed by atoms with Crippen LogP contribution in [-0.2, 0) is 4.79 Å². The van der Waals surface area contributed by atoms with Crippen molar-refractivity contribution in [3.05, 3.63) is 29.3 Å². The first-order chi connectivity index (χ1) is 11.7. The first kappa shape index (κ1) is 19.4. The molecule has 0 radical (unpaired) electrons. The van der Waals surface area contributed by atoms with E-state index in [0.29, 0.717) is 18.0 Å². The lowest BCUT2D eigenvalue weighted by Gasteiger charge is -2.37. The smallest absolute Gasteiger partial charge is 0.251 e. The van der Waals surface area contributed by atoms with Gasteiger partial charge in [0, 0.05) is 23.3 Å². The number of nitrogens with one attached hydrogen (secondary N) is 2. The van der Waals surface area contributed by atoms with Gasteiger partial charge in [0.2, 0.25) is 5.91 Å². The SMILES string of the molecule is Cc1cc(C(=O)NCC(C)C)ccc1NC(=O)C1CCCCC1(C)N. The van der Waals surface area contributed by atoms with Crippen molar-refractivity contribution < 1.29 is 9.59 Å². The first-order valence-corrected chi connectivity index (χ1v) is 9.19. The molecule has 1 saturated carbocycles. The van der Waals surface area contributed by atoms with Gasteiger partial charge in [-0.2, -0.15) is 0 Å². The molecule has 2 atom stereocenters. The Morgan fingerprint density at radius 1 is 1.32 bits per heavy atom. The van der Waals surface area contributed by atoms with Crippen molar-refractivity contribution in [2.75, 3.05) is 11.9 Å². The van der Waals surface area contributed by atoms with Gasteiger partial charge in [-0.25, -0.2) is 0 Å². The van der Waals surface area contributed by atoms with E-state index in [1.165, 1.54) is 0 Å². The van der Waals surface area contributed by atoms with Crippen LogP contribution in [0.25, 0.3) is 0 Å². The minimum atomic E-state index is -0.451. The molecule has 5 nitrogen and oxygen atoms in total. The van der Waals surface area contributed by atoms with Crippen LogP contribution >= 0.6 is 0 Å². The summed E-state index contributed by atoms with van der Waals surface area (Å²) in [5.41, 5.74) is 8.10. The average molecular weight is 345 g/mol. The molecule has 0 spiro atoms. The summed E-state index contributed by atoms with van der Waals surface area (Å²) in [6, 6.07) is 5.36. The Bertz CT molecular complexity index is 638. The zero-order valence-corrected chi connectivity index (χ0v) is 15.8. The van der Waals surface area contributed by atoms with Crippen molar-refractivity contribution in [3.8, 4) is 0 Å². The summed E-state index contributed by atoms with van der Waals surface area (Å²) < 4.78 is 0. The normalized spacial score (nSPS) is 23.4. The van der Waals surface area contributed by atoms with Gasteiger partial charge in [0.25, 0.3) is 5.91 Å². The Kier molecular flexibility index (Phi) is 6.22. The molecule has 1 fully saturated rings. The second-order valence-electron chi connectivity index (χ2n) is 7.93. The van der Waals surface area contributed by atoms with Gasteiger partial charge >= 0.3 is 0 Å². The third kappa shape index (κ3) is 5.05. The maximum Gasteiger partial charge on any atom is 0.251 e. The van der Waals surface area contributed by atoms with E-state index in [2.05, 4.69) is 24.5 Å². The molecule has 0 bridgehead atoms. The van der Waals surface area contributed by atoms with Gasteiger partial charge in [0.1, 0.15) is 0 Å². The molecule has 0 aromatic heterocycles. The zero-order chi connectivity index (χ0) is 18.6. The van der Waals surface area contributed by atoms with E-state index in [9.17, 15) is 9.59 Å². The van der Waals surface area contributed by atoms with Crippen molar-refractivity contribution in [1.29, 1.82) is 0 Å². The van der Waals surface area contributed by atoms with E-state index >= 15 is 0 Å². The molecule has 2 unspecified atom stereocenters. The summed E-state index contributed by atoms with van der Waals surface area (Å²) in [4.78, 5) is 24.8. The van der Waals surface area contributed by atoms with Crippen LogP contribution in [0.4, 0.5) is 5.69 Å². The molecule has 0 aliphatic heterocycles. The van der Waals surface area contributed by atoms with Crippen molar-refractivity contribution in [2.24, 2.45) is 17.6 Å². The Morgan fingerprint density at radius 2 is 2.04 bits per heavy atom. The molecule has 0 heterocycles. The van der Waals surface area contributed by atoms with Crippen LogP contribution in [0.5, 0.6) is 0 Å². The molecule has 1 aliphatic rings. The first-order valence-electron chi connectivity index (χ1n) is 9.19. The third-order valence-corrected chi connectivity index (χ3v) is 4.99. The monoisotopic (exact) mass is 345 g/mol. The number of rotatable bonds is 5. The number of benzene rings is 1. The molecule has 1 aromatic rings. The van der Waals surface area contributed by atoms with Crippen molar-refractivity contribution in [3.63, 3.8) is 0 Å². The maximum atomic E-state index is 12.7. The molecular formula is C20H31N3O2. The second kappa shape index (κ2) is 8.00. The Labute approximate surface area is 150 Å². The molecule has 0 saturated heterocycles. The molecule has 138 valence electrons. The fraction of sp³-hybridized carbons (Fsp3) is 0.600. The summed E-state index contributed by atoms with van der Waals surface area (Å²) in [5, 5.41) is 5.91. The highest BCUT2D eigenvalue weighted by atomic mass is 16.2. The van der Waals surface area contributed by atoms with Crippen LogP contribution in [0.1, 0.15) is 62.4 Å². The number of aryl methyl sites for hydroxylation is 1. The van der Waals surface area contributed by atoms with Crippen LogP contribution < -0.4 is 16.4 Å². The molecule has 2 rings (SSSR count). The number of carbonyl (C=O) groups excluding carboxylic acids is 2. The minimum Gasteiger partial charge on any atom is -0.352 e. The van der Waals surface area contributed by atoms with Crippen LogP contribution in [0.3, 0.4) is 0 Å². The summed E-state index contributed by atoms with van der Waals surface area (Å²) >= 11 is 0. The van der Waals surface area contributed by atoms with Gasteiger partial charge in [-0.1, -0.05) is 26.7 Å². The number of hydrogen-bond donors (Lipinski definition) is 3. The number of carbonyl (C=O) groups is 2. The Morgan fingerprint density at radius 3 is 2.64 bits per heavy atom. The largest absolute Gasteiger partial charge is 0.352 e. The molecule has 1 aliphatic carbocycles. The lowest BCUT2D eigenvalue weighted by atomic mass is 9.74. The predicted octanol–water partition coefficient (Wildman–Crippen LogP) is 3.23. The van der Waals surface area contributed by atoms with Gasteiger partial charge in [0.15, 0.2) is 0 Å². The van der Waals surface area contributed by atoms with E-state index in [1.54, 1.807) is 12.1 Å². The predicted molar refractivity (Wildman–Crippen MR) is 102 cm³/mol. The molecule has 4 N–H and O–H groups in total. The van der Waals surface area contributed by atoms with Crippen molar-refractivity contribution in [1.82, 2.24) is 5.32 Å². The maximum absolute atomic E-state index is 12.7. The van der Waals surface area contributed by atoms with E-state index in [4.69, 9.17) is 5.73 Å². The van der Waals surface area contributed by atoms with Gasteiger partial charge in [-0.3, -0.25) is 9.59 Å². The van der Waals surface area contributed by atoms with Crippen LogP contribution in [-0.4, -0.2) is 23.9 Å². The number of anilines is 1. The summed E-state index contributed by atoms with van der Waals surface area (Å²) in [7, 11) is 0. The average Bonchev–Trinajstić information content (AvgIpc) is 2.53. The summed E-state index contributed by atoms with van der Waals surface area (Å²) in [6.45, 7) is 8.62. The van der Waals surface area contributed by atoms with E-state index in [1.807, 2.05) is 19.9 Å². The van der Waals surface area contributed by atoms with E-state index in [-0.39, 0.29) is 17.7 Å². The highest BCUT2D eigenvalue weighted by molar-refractivity contribution is 5.97. The second-order valence-corrected chi connectivity index (χ2v) is 7.93. The summed E-state index contributed by atoms with van der Waals surface area (Å²) in [5.74, 6) is 0.126. The Balaban J connectivity index is 2.05.